The highest BCUT2D eigenvalue weighted by atomic mass is 32.3. The maximum absolute atomic E-state index is 11.4. The lowest BCUT2D eigenvalue weighted by Gasteiger charge is -2.50. The van der Waals surface area contributed by atoms with Crippen LogP contribution < -0.4 is 4.74 Å². The minimum absolute atomic E-state index is 0.369. The highest BCUT2D eigenvalue weighted by molar-refractivity contribution is 7.80. The molecule has 1 aromatic carbocycles. The molecule has 25 heavy (non-hydrogen) atoms. The van der Waals surface area contributed by atoms with Crippen LogP contribution in [-0.2, 0) is 14.6 Å². The van der Waals surface area contributed by atoms with E-state index in [1.165, 1.54) is 31.2 Å². The zero-order chi connectivity index (χ0) is 17.8. The first-order chi connectivity index (χ1) is 11.8. The summed E-state index contributed by atoms with van der Waals surface area (Å²) < 4.78 is 42.5. The Balaban J connectivity index is 1.77. The first kappa shape index (κ1) is 17.3. The fraction of sp³-hybridized carbons (Fsp3) is 0.684. The van der Waals surface area contributed by atoms with Gasteiger partial charge in [-0.05, 0) is 78.5 Å². The lowest BCUT2D eigenvalue weighted by atomic mass is 9.55. The predicted molar refractivity (Wildman–Crippen MR) is 93.9 cm³/mol. The fourth-order valence-electron chi connectivity index (χ4n) is 5.90. The second kappa shape index (κ2) is 5.96. The molecule has 0 bridgehead atoms. The molecular weight excluding hydrogens is 340 g/mol. The van der Waals surface area contributed by atoms with Gasteiger partial charge in [-0.2, -0.15) is 8.42 Å². The molecule has 5 atom stereocenters. The van der Waals surface area contributed by atoms with Gasteiger partial charge in [-0.1, -0.05) is 19.4 Å². The maximum Gasteiger partial charge on any atom is 0.397 e. The average Bonchev–Trinajstić information content (AvgIpc) is 2.95. The molecule has 0 saturated heterocycles. The Bertz CT molecular complexity index is 774. The van der Waals surface area contributed by atoms with Gasteiger partial charge in [0.25, 0.3) is 0 Å². The molecule has 2 saturated carbocycles. The van der Waals surface area contributed by atoms with Crippen LogP contribution in [0.25, 0.3) is 0 Å². The van der Waals surface area contributed by atoms with Gasteiger partial charge in [0, 0.05) is 0 Å². The molecule has 6 heteroatoms. The van der Waals surface area contributed by atoms with Gasteiger partial charge in [0.05, 0.1) is 7.11 Å². The predicted octanol–water partition coefficient (Wildman–Crippen LogP) is 4.26. The van der Waals surface area contributed by atoms with E-state index in [-0.39, 0.29) is 0 Å². The Labute approximate surface area is 149 Å². The van der Waals surface area contributed by atoms with Crippen LogP contribution in [0.3, 0.4) is 0 Å². The number of ether oxygens (including phenoxy) is 1. The lowest BCUT2D eigenvalue weighted by molar-refractivity contribution is 0.0243. The van der Waals surface area contributed by atoms with Crippen LogP contribution in [0.4, 0.5) is 0 Å². The van der Waals surface area contributed by atoms with Gasteiger partial charge in [-0.25, -0.2) is 4.18 Å². The van der Waals surface area contributed by atoms with Crippen molar-refractivity contribution in [2.24, 2.45) is 17.3 Å². The minimum atomic E-state index is -4.50. The van der Waals surface area contributed by atoms with Crippen molar-refractivity contribution in [1.29, 1.82) is 0 Å². The summed E-state index contributed by atoms with van der Waals surface area (Å²) in [5.74, 6) is 2.14. The smallest absolute Gasteiger partial charge is 0.397 e. The summed E-state index contributed by atoms with van der Waals surface area (Å²) in [6.07, 6.45) is 6.10. The molecule has 0 radical (unpaired) electrons. The SMILES string of the molecule is COc1ccc2c(c1)C(OS(=O)(=O)O)C[C@@H]1[C@@H]2CC[C@]2(C)CCC[C@@H]12. The van der Waals surface area contributed by atoms with E-state index in [2.05, 4.69) is 13.0 Å². The normalized spacial score (nSPS) is 37.1. The van der Waals surface area contributed by atoms with Crippen molar-refractivity contribution in [3.63, 3.8) is 0 Å². The molecule has 1 aromatic rings. The van der Waals surface area contributed by atoms with Crippen LogP contribution in [0.15, 0.2) is 18.2 Å². The third-order valence-corrected chi connectivity index (χ3v) is 7.46. The number of methoxy groups -OCH3 is 1. The van der Waals surface area contributed by atoms with Crippen molar-refractivity contribution in [2.45, 2.75) is 57.5 Å². The quantitative estimate of drug-likeness (QED) is 0.809. The van der Waals surface area contributed by atoms with Crippen molar-refractivity contribution in [1.82, 2.24) is 0 Å². The minimum Gasteiger partial charge on any atom is -0.497 e. The lowest BCUT2D eigenvalue weighted by Crippen LogP contribution is -2.41. The summed E-state index contributed by atoms with van der Waals surface area (Å²) in [5, 5.41) is 0. The van der Waals surface area contributed by atoms with E-state index < -0.39 is 16.5 Å². The Kier molecular flexibility index (Phi) is 4.13. The molecule has 0 heterocycles. The zero-order valence-electron chi connectivity index (χ0n) is 14.8. The van der Waals surface area contributed by atoms with Gasteiger partial charge in [-0.3, -0.25) is 4.55 Å². The van der Waals surface area contributed by atoms with Crippen LogP contribution in [0.1, 0.15) is 68.6 Å². The summed E-state index contributed by atoms with van der Waals surface area (Å²) in [7, 11) is -2.91. The highest BCUT2D eigenvalue weighted by Crippen LogP contribution is 2.62. The van der Waals surface area contributed by atoms with E-state index >= 15 is 0 Å². The molecule has 0 amide bonds. The van der Waals surface area contributed by atoms with Crippen LogP contribution >= 0.6 is 0 Å². The van der Waals surface area contributed by atoms with E-state index in [4.69, 9.17) is 8.92 Å². The first-order valence-electron chi connectivity index (χ1n) is 9.14. The maximum atomic E-state index is 11.4. The standard InChI is InChI=1S/C19H26O5S/c1-19-8-3-4-17(19)15-11-18(24-25(20,21)22)16-10-12(23-2)5-6-13(16)14(15)7-9-19/h5-6,10,14-15,17-18H,3-4,7-9,11H2,1-2H3,(H,20,21,22)/t14-,15-,17+,18?,19+/m1/s1. The van der Waals surface area contributed by atoms with Crippen molar-refractivity contribution in [3.8, 4) is 5.75 Å². The molecule has 1 unspecified atom stereocenters. The van der Waals surface area contributed by atoms with Gasteiger partial charge in [0.2, 0.25) is 0 Å². The Morgan fingerprint density at radius 3 is 2.72 bits per heavy atom. The van der Waals surface area contributed by atoms with Gasteiger partial charge in [-0.15, -0.1) is 0 Å². The second-order valence-electron chi connectivity index (χ2n) is 8.20. The number of rotatable bonds is 3. The second-order valence-corrected chi connectivity index (χ2v) is 9.25. The van der Waals surface area contributed by atoms with Crippen LogP contribution in [-0.4, -0.2) is 20.1 Å². The number of hydrogen-bond donors (Lipinski definition) is 1. The van der Waals surface area contributed by atoms with E-state index in [0.29, 0.717) is 35.3 Å². The molecule has 2 fully saturated rings. The highest BCUT2D eigenvalue weighted by Gasteiger charge is 2.52. The molecular formula is C19H26O5S. The van der Waals surface area contributed by atoms with Gasteiger partial charge >= 0.3 is 10.4 Å². The summed E-state index contributed by atoms with van der Waals surface area (Å²) in [5.41, 5.74) is 2.38. The van der Waals surface area contributed by atoms with Crippen molar-refractivity contribution in [3.05, 3.63) is 29.3 Å². The molecule has 0 spiro atoms. The Morgan fingerprint density at radius 2 is 2.00 bits per heavy atom. The fourth-order valence-corrected chi connectivity index (χ4v) is 6.38. The molecule has 3 aliphatic carbocycles. The molecule has 1 N–H and O–H groups in total. The van der Waals surface area contributed by atoms with E-state index in [1.807, 2.05) is 12.1 Å². The van der Waals surface area contributed by atoms with Gasteiger partial charge < -0.3 is 4.74 Å². The molecule has 3 aliphatic rings. The summed E-state index contributed by atoms with van der Waals surface area (Å²) in [6, 6.07) is 5.86. The molecule has 0 aromatic heterocycles. The number of benzene rings is 1. The van der Waals surface area contributed by atoms with E-state index in [0.717, 1.165) is 12.0 Å². The van der Waals surface area contributed by atoms with E-state index in [9.17, 15) is 13.0 Å². The van der Waals surface area contributed by atoms with Crippen molar-refractivity contribution >= 4 is 10.4 Å². The summed E-state index contributed by atoms with van der Waals surface area (Å²) in [6.45, 7) is 2.39. The molecule has 0 aliphatic heterocycles. The largest absolute Gasteiger partial charge is 0.497 e. The van der Waals surface area contributed by atoms with E-state index in [1.54, 1.807) is 7.11 Å². The Hall–Kier alpha value is -1.11. The topological polar surface area (TPSA) is 72.8 Å². The van der Waals surface area contributed by atoms with Crippen LogP contribution in [0.5, 0.6) is 5.75 Å². The van der Waals surface area contributed by atoms with Crippen molar-refractivity contribution in [2.75, 3.05) is 7.11 Å². The monoisotopic (exact) mass is 366 g/mol. The van der Waals surface area contributed by atoms with Crippen molar-refractivity contribution < 1.29 is 21.9 Å². The summed E-state index contributed by atoms with van der Waals surface area (Å²) in [4.78, 5) is 0. The zero-order valence-corrected chi connectivity index (χ0v) is 15.6. The first-order valence-corrected chi connectivity index (χ1v) is 10.5. The molecule has 138 valence electrons. The van der Waals surface area contributed by atoms with Gasteiger partial charge in [0.15, 0.2) is 0 Å². The number of fused-ring (bicyclic) bond motifs is 5. The third-order valence-electron chi connectivity index (χ3n) is 6.98. The van der Waals surface area contributed by atoms with Gasteiger partial charge in [0.1, 0.15) is 11.9 Å². The third kappa shape index (κ3) is 2.98. The number of hydrogen-bond acceptors (Lipinski definition) is 4. The van der Waals surface area contributed by atoms with Crippen LogP contribution in [0.2, 0.25) is 0 Å². The molecule has 5 nitrogen and oxygen atoms in total. The summed E-state index contributed by atoms with van der Waals surface area (Å²) >= 11 is 0. The molecule has 4 rings (SSSR count). The Morgan fingerprint density at radius 1 is 1.20 bits per heavy atom. The average molecular weight is 366 g/mol. The van der Waals surface area contributed by atoms with Crippen LogP contribution in [0, 0.1) is 17.3 Å².